The number of aromatic nitrogens is 1. The van der Waals surface area contributed by atoms with E-state index in [0.717, 1.165) is 10.8 Å². The average molecular weight is 218 g/mol. The van der Waals surface area contributed by atoms with Gasteiger partial charge in [0.1, 0.15) is 0 Å². The molecule has 14 heavy (non-hydrogen) atoms. The molecule has 0 aliphatic carbocycles. The van der Waals surface area contributed by atoms with E-state index in [4.69, 9.17) is 0 Å². The van der Waals surface area contributed by atoms with Crippen molar-refractivity contribution < 1.29 is 11.0 Å². The molecule has 0 radical (unpaired) electrons. The maximum absolute atomic E-state index is 11.1. The second-order valence-electron chi connectivity index (χ2n) is 2.39. The van der Waals surface area contributed by atoms with Crippen LogP contribution in [0.1, 0.15) is 0 Å². The van der Waals surface area contributed by atoms with E-state index in [9.17, 15) is 4.79 Å². The molecule has 2 rings (SSSR count). The molecular weight excluding hydrogens is 206 g/mol. The third-order valence-corrected chi connectivity index (χ3v) is 1.68. The molecule has 0 saturated carbocycles. The normalized spacial score (nSPS) is 8.00. The molecule has 0 spiro atoms. The highest BCUT2D eigenvalue weighted by Gasteiger charge is 1.92. The van der Waals surface area contributed by atoms with Gasteiger partial charge in [0, 0.05) is 11.6 Å². The van der Waals surface area contributed by atoms with Crippen molar-refractivity contribution in [3.63, 3.8) is 0 Å². The van der Waals surface area contributed by atoms with Gasteiger partial charge in [-0.2, -0.15) is 0 Å². The average Bonchev–Trinajstić information content (AvgIpc) is 2.06. The van der Waals surface area contributed by atoms with E-state index in [1.807, 2.05) is 30.3 Å². The highest BCUT2D eigenvalue weighted by Crippen LogP contribution is 2.05. The Morgan fingerprint density at radius 2 is 1.64 bits per heavy atom. The first-order valence-corrected chi connectivity index (χ1v) is 3.44. The highest BCUT2D eigenvalue weighted by molar-refractivity contribution is 5.85. The van der Waals surface area contributed by atoms with Crippen molar-refractivity contribution in [1.82, 2.24) is 4.98 Å². The first-order chi connectivity index (χ1) is 5.38. The third kappa shape index (κ3) is 2.56. The van der Waals surface area contributed by atoms with Crippen LogP contribution in [0.2, 0.25) is 0 Å². The van der Waals surface area contributed by atoms with E-state index in [1.165, 1.54) is 0 Å². The fourth-order valence-corrected chi connectivity index (χ4v) is 1.13. The van der Waals surface area contributed by atoms with E-state index < -0.39 is 0 Å². The number of benzene rings is 1. The summed E-state index contributed by atoms with van der Waals surface area (Å²) < 4.78 is 0. The Bertz CT molecular complexity index is 436. The van der Waals surface area contributed by atoms with E-state index in [0.29, 0.717) is 0 Å². The largest absolute Gasteiger partial charge is 0.412 e. The van der Waals surface area contributed by atoms with Gasteiger partial charge in [-0.1, -0.05) is 18.2 Å². The summed E-state index contributed by atoms with van der Waals surface area (Å²) in [5.41, 5.74) is -0.0249. The Labute approximate surface area is 86.6 Å². The topological polar surface area (TPSA) is 95.9 Å². The number of halogens is 1. The SMILES string of the molecule is Cl.O.O.O=c1[nH]ccc2ccccc12. The van der Waals surface area contributed by atoms with Gasteiger partial charge in [0.05, 0.1) is 0 Å². The summed E-state index contributed by atoms with van der Waals surface area (Å²) in [6.07, 6.45) is 1.66. The Morgan fingerprint density at radius 3 is 2.29 bits per heavy atom. The van der Waals surface area contributed by atoms with Gasteiger partial charge < -0.3 is 15.9 Å². The van der Waals surface area contributed by atoms with Gasteiger partial charge in [-0.05, 0) is 17.5 Å². The summed E-state index contributed by atoms with van der Waals surface area (Å²) in [4.78, 5) is 13.7. The number of hydrogen-bond acceptors (Lipinski definition) is 1. The lowest BCUT2D eigenvalue weighted by molar-refractivity contribution is 0.823. The molecule has 0 bridgehead atoms. The number of aromatic amines is 1. The minimum atomic E-state index is -0.0249. The lowest BCUT2D eigenvalue weighted by Gasteiger charge is -1.92. The lowest BCUT2D eigenvalue weighted by atomic mass is 10.2. The Kier molecular flexibility index (Phi) is 6.64. The molecule has 1 heterocycles. The van der Waals surface area contributed by atoms with Crippen LogP contribution in [0.4, 0.5) is 0 Å². The molecule has 5 N–H and O–H groups in total. The molecule has 0 unspecified atom stereocenters. The first kappa shape index (κ1) is 15.1. The molecule has 1 aromatic carbocycles. The van der Waals surface area contributed by atoms with Crippen molar-refractivity contribution in [3.05, 3.63) is 46.9 Å². The van der Waals surface area contributed by atoms with Gasteiger partial charge >= 0.3 is 0 Å². The fourth-order valence-electron chi connectivity index (χ4n) is 1.13. The predicted octanol–water partition coefficient (Wildman–Crippen LogP) is 0.301. The second kappa shape index (κ2) is 6.15. The summed E-state index contributed by atoms with van der Waals surface area (Å²) in [5.74, 6) is 0. The predicted molar refractivity (Wildman–Crippen MR) is 59.0 cm³/mol. The molecular formula is C9H12ClNO3. The zero-order valence-corrected chi connectivity index (χ0v) is 8.10. The minimum Gasteiger partial charge on any atom is -0.412 e. The summed E-state index contributed by atoms with van der Waals surface area (Å²) in [5, 5.41) is 1.73. The molecule has 5 heteroatoms. The standard InChI is InChI=1S/C9H7NO.ClH.2H2O/c11-9-8-4-2-1-3-7(8)5-6-10-9;;;/h1-6H,(H,10,11);1H;2*1H2. The maximum atomic E-state index is 11.1. The van der Waals surface area contributed by atoms with Crippen LogP contribution < -0.4 is 5.56 Å². The van der Waals surface area contributed by atoms with Crippen LogP contribution in [0.5, 0.6) is 0 Å². The molecule has 0 aliphatic rings. The lowest BCUT2D eigenvalue weighted by Crippen LogP contribution is -2.03. The number of H-pyrrole nitrogens is 1. The molecule has 1 aromatic heterocycles. The summed E-state index contributed by atoms with van der Waals surface area (Å²) in [7, 11) is 0. The van der Waals surface area contributed by atoms with Crippen molar-refractivity contribution >= 4 is 23.2 Å². The number of fused-ring (bicyclic) bond motifs is 1. The smallest absolute Gasteiger partial charge is 0.255 e. The van der Waals surface area contributed by atoms with Crippen molar-refractivity contribution in [2.75, 3.05) is 0 Å². The molecule has 2 aromatic rings. The maximum Gasteiger partial charge on any atom is 0.255 e. The molecule has 0 aliphatic heterocycles. The van der Waals surface area contributed by atoms with Crippen molar-refractivity contribution in [1.29, 1.82) is 0 Å². The van der Waals surface area contributed by atoms with E-state index in [1.54, 1.807) is 6.20 Å². The molecule has 0 saturated heterocycles. The van der Waals surface area contributed by atoms with E-state index >= 15 is 0 Å². The molecule has 0 fully saturated rings. The van der Waals surface area contributed by atoms with E-state index in [-0.39, 0.29) is 28.9 Å². The second-order valence-corrected chi connectivity index (χ2v) is 2.39. The van der Waals surface area contributed by atoms with Crippen LogP contribution in [0.15, 0.2) is 41.3 Å². The van der Waals surface area contributed by atoms with E-state index in [2.05, 4.69) is 4.98 Å². The van der Waals surface area contributed by atoms with Gasteiger partial charge in [0.15, 0.2) is 0 Å². The highest BCUT2D eigenvalue weighted by atomic mass is 35.5. The monoisotopic (exact) mass is 217 g/mol. The molecule has 78 valence electrons. The third-order valence-electron chi connectivity index (χ3n) is 1.68. The quantitative estimate of drug-likeness (QED) is 0.675. The molecule has 0 amide bonds. The minimum absolute atomic E-state index is 0. The van der Waals surface area contributed by atoms with Crippen molar-refractivity contribution in [3.8, 4) is 0 Å². The van der Waals surface area contributed by atoms with Gasteiger partial charge in [0.25, 0.3) is 5.56 Å². The summed E-state index contributed by atoms with van der Waals surface area (Å²) in [6.45, 7) is 0. The zero-order valence-electron chi connectivity index (χ0n) is 7.28. The van der Waals surface area contributed by atoms with Crippen molar-refractivity contribution in [2.45, 2.75) is 0 Å². The molecule has 4 nitrogen and oxygen atoms in total. The Morgan fingerprint density at radius 1 is 1.00 bits per heavy atom. The fraction of sp³-hybridized carbons (Fsp3) is 0. The summed E-state index contributed by atoms with van der Waals surface area (Å²) >= 11 is 0. The van der Waals surface area contributed by atoms with Crippen LogP contribution in [-0.4, -0.2) is 15.9 Å². The number of nitrogens with one attached hydrogen (secondary N) is 1. The van der Waals surface area contributed by atoms with Gasteiger partial charge in [-0.25, -0.2) is 0 Å². The Hall–Kier alpha value is -1.36. The van der Waals surface area contributed by atoms with Crippen molar-refractivity contribution in [2.24, 2.45) is 0 Å². The van der Waals surface area contributed by atoms with Gasteiger partial charge in [0.2, 0.25) is 0 Å². The molecule has 0 atom stereocenters. The summed E-state index contributed by atoms with van der Waals surface area (Å²) in [6, 6.07) is 9.40. The number of rotatable bonds is 0. The number of pyridine rings is 1. The van der Waals surface area contributed by atoms with Crippen LogP contribution in [-0.2, 0) is 0 Å². The Balaban J connectivity index is 0. The van der Waals surface area contributed by atoms with Gasteiger partial charge in [-0.15, -0.1) is 12.4 Å². The number of hydrogen-bond donors (Lipinski definition) is 1. The van der Waals surface area contributed by atoms with Crippen LogP contribution >= 0.6 is 12.4 Å². The zero-order chi connectivity index (χ0) is 7.68. The van der Waals surface area contributed by atoms with Crippen LogP contribution in [0.3, 0.4) is 0 Å². The van der Waals surface area contributed by atoms with Gasteiger partial charge in [-0.3, -0.25) is 4.79 Å². The van der Waals surface area contributed by atoms with Crippen LogP contribution in [0.25, 0.3) is 10.8 Å². The first-order valence-electron chi connectivity index (χ1n) is 3.44. The van der Waals surface area contributed by atoms with Crippen LogP contribution in [0, 0.1) is 0 Å².